The molecule has 6 heteroatoms. The molecule has 0 spiro atoms. The zero-order chi connectivity index (χ0) is 14.5. The molecule has 0 unspecified atom stereocenters. The number of nitriles is 1. The summed E-state index contributed by atoms with van der Waals surface area (Å²) in [5.41, 5.74) is -0.120. The molecule has 0 fully saturated rings. The first-order chi connectivity index (χ1) is 9.63. The highest BCUT2D eigenvalue weighted by Crippen LogP contribution is 2.33. The van der Waals surface area contributed by atoms with E-state index in [1.54, 1.807) is 13.2 Å². The van der Waals surface area contributed by atoms with Gasteiger partial charge in [0.05, 0.1) is 12.0 Å². The number of nitro groups is 1. The van der Waals surface area contributed by atoms with Crippen molar-refractivity contribution < 1.29 is 9.66 Å². The maximum atomic E-state index is 10.9. The Balaban J connectivity index is 2.32. The van der Waals surface area contributed by atoms with Gasteiger partial charge in [-0.3, -0.25) is 10.1 Å². The third-order valence-corrected chi connectivity index (χ3v) is 3.54. The zero-order valence-electron chi connectivity index (χ0n) is 10.6. The van der Waals surface area contributed by atoms with Crippen LogP contribution in [0.3, 0.4) is 0 Å². The van der Waals surface area contributed by atoms with Crippen LogP contribution in [0.4, 0.5) is 5.69 Å². The molecule has 0 saturated heterocycles. The normalized spacial score (nSPS) is 9.80. The number of nitrogens with zero attached hydrogens (tertiary/aromatic N) is 2. The van der Waals surface area contributed by atoms with Gasteiger partial charge in [-0.2, -0.15) is 5.26 Å². The molecular formula is C14H10N2O3S. The van der Waals surface area contributed by atoms with Crippen LogP contribution in [-0.2, 0) is 0 Å². The predicted octanol–water partition coefficient (Wildman–Crippen LogP) is 3.63. The predicted molar refractivity (Wildman–Crippen MR) is 74.9 cm³/mol. The van der Waals surface area contributed by atoms with Crippen LogP contribution in [0.15, 0.2) is 52.3 Å². The number of rotatable bonds is 4. The Kier molecular flexibility index (Phi) is 4.23. The standard InChI is InChI=1S/C14H10N2O3S/c1-19-11-3-2-4-12(7-11)20-13-6-5-10(9-15)14(8-13)16(17)18/h2-8H,1H3. The van der Waals surface area contributed by atoms with E-state index in [0.717, 1.165) is 10.6 Å². The van der Waals surface area contributed by atoms with Gasteiger partial charge in [0.1, 0.15) is 17.4 Å². The van der Waals surface area contributed by atoms with E-state index < -0.39 is 4.92 Å². The highest BCUT2D eigenvalue weighted by Gasteiger charge is 2.14. The summed E-state index contributed by atoms with van der Waals surface area (Å²) < 4.78 is 5.13. The summed E-state index contributed by atoms with van der Waals surface area (Å²) in [6.07, 6.45) is 0. The van der Waals surface area contributed by atoms with E-state index in [1.165, 1.54) is 23.9 Å². The molecule has 2 rings (SSSR count). The minimum absolute atomic E-state index is 0.0602. The molecule has 0 aliphatic carbocycles. The second-order valence-electron chi connectivity index (χ2n) is 3.83. The van der Waals surface area contributed by atoms with Crippen molar-refractivity contribution in [3.8, 4) is 11.8 Å². The van der Waals surface area contributed by atoms with Crippen molar-refractivity contribution in [2.24, 2.45) is 0 Å². The van der Waals surface area contributed by atoms with Crippen molar-refractivity contribution in [2.75, 3.05) is 7.11 Å². The molecule has 0 amide bonds. The van der Waals surface area contributed by atoms with Crippen molar-refractivity contribution >= 4 is 17.4 Å². The van der Waals surface area contributed by atoms with Gasteiger partial charge in [0, 0.05) is 15.9 Å². The van der Waals surface area contributed by atoms with Crippen LogP contribution in [0, 0.1) is 21.4 Å². The SMILES string of the molecule is COc1cccc(Sc2ccc(C#N)c([N+](=O)[O-])c2)c1. The fraction of sp³-hybridized carbons (Fsp3) is 0.0714. The van der Waals surface area contributed by atoms with Gasteiger partial charge in [0.15, 0.2) is 0 Å². The van der Waals surface area contributed by atoms with Crippen molar-refractivity contribution in [3.05, 3.63) is 58.1 Å². The first-order valence-corrected chi connectivity index (χ1v) is 6.46. The molecule has 0 bridgehead atoms. The van der Waals surface area contributed by atoms with E-state index in [0.29, 0.717) is 4.90 Å². The Morgan fingerprint density at radius 1 is 1.25 bits per heavy atom. The summed E-state index contributed by atoms with van der Waals surface area (Å²) in [7, 11) is 1.58. The molecule has 0 radical (unpaired) electrons. The van der Waals surface area contributed by atoms with Crippen LogP contribution in [0.25, 0.3) is 0 Å². The molecule has 0 atom stereocenters. The van der Waals surface area contributed by atoms with Gasteiger partial charge in [-0.15, -0.1) is 0 Å². The van der Waals surface area contributed by atoms with Crippen molar-refractivity contribution in [2.45, 2.75) is 9.79 Å². The lowest BCUT2D eigenvalue weighted by Crippen LogP contribution is -1.92. The largest absolute Gasteiger partial charge is 0.497 e. The Hall–Kier alpha value is -2.52. The average Bonchev–Trinajstić information content (AvgIpc) is 2.47. The van der Waals surface area contributed by atoms with Crippen LogP contribution in [0.5, 0.6) is 5.75 Å². The van der Waals surface area contributed by atoms with E-state index in [2.05, 4.69) is 0 Å². The van der Waals surface area contributed by atoms with Gasteiger partial charge in [-0.25, -0.2) is 0 Å². The van der Waals surface area contributed by atoms with Gasteiger partial charge in [-0.1, -0.05) is 17.8 Å². The highest BCUT2D eigenvalue weighted by atomic mass is 32.2. The molecule has 0 aromatic heterocycles. The van der Waals surface area contributed by atoms with Crippen molar-refractivity contribution in [1.29, 1.82) is 5.26 Å². The summed E-state index contributed by atoms with van der Waals surface area (Å²) in [6.45, 7) is 0. The van der Waals surface area contributed by atoms with Crippen LogP contribution in [0.1, 0.15) is 5.56 Å². The summed E-state index contributed by atoms with van der Waals surface area (Å²) in [6, 6.07) is 13.8. The lowest BCUT2D eigenvalue weighted by molar-refractivity contribution is -0.385. The Bertz CT molecular complexity index is 695. The van der Waals surface area contributed by atoms with E-state index in [-0.39, 0.29) is 11.3 Å². The molecule has 5 nitrogen and oxygen atoms in total. The summed E-state index contributed by atoms with van der Waals surface area (Å²) in [5.74, 6) is 0.721. The van der Waals surface area contributed by atoms with Gasteiger partial charge >= 0.3 is 0 Å². The molecule has 0 N–H and O–H groups in total. The minimum Gasteiger partial charge on any atom is -0.497 e. The second kappa shape index (κ2) is 6.08. The molecule has 2 aromatic carbocycles. The monoisotopic (exact) mass is 286 g/mol. The summed E-state index contributed by atoms with van der Waals surface area (Å²) in [5, 5.41) is 19.7. The third-order valence-electron chi connectivity index (χ3n) is 2.56. The van der Waals surface area contributed by atoms with Crippen molar-refractivity contribution in [3.63, 3.8) is 0 Å². The number of nitro benzene ring substituents is 1. The molecule has 0 saturated carbocycles. The number of hydrogen-bond donors (Lipinski definition) is 0. The van der Waals surface area contributed by atoms with Gasteiger partial charge in [0.2, 0.25) is 0 Å². The Morgan fingerprint density at radius 3 is 2.65 bits per heavy atom. The lowest BCUT2D eigenvalue weighted by Gasteiger charge is -2.04. The quantitative estimate of drug-likeness (QED) is 0.633. The molecule has 0 aliphatic rings. The van der Waals surface area contributed by atoms with Crippen LogP contribution < -0.4 is 4.74 Å². The summed E-state index contributed by atoms with van der Waals surface area (Å²) in [4.78, 5) is 12.0. The maximum absolute atomic E-state index is 10.9. The number of benzene rings is 2. The molecule has 20 heavy (non-hydrogen) atoms. The molecular weight excluding hydrogens is 276 g/mol. The first kappa shape index (κ1) is 13.9. The van der Waals surface area contributed by atoms with E-state index in [9.17, 15) is 10.1 Å². The van der Waals surface area contributed by atoms with Crippen LogP contribution >= 0.6 is 11.8 Å². The lowest BCUT2D eigenvalue weighted by atomic mass is 10.2. The van der Waals surface area contributed by atoms with Crippen molar-refractivity contribution in [1.82, 2.24) is 0 Å². The van der Waals surface area contributed by atoms with Gasteiger partial charge in [0.25, 0.3) is 5.69 Å². The fourth-order valence-electron chi connectivity index (χ4n) is 1.62. The molecule has 2 aromatic rings. The first-order valence-electron chi connectivity index (χ1n) is 5.64. The third kappa shape index (κ3) is 3.08. The van der Waals surface area contributed by atoms with Crippen LogP contribution in [-0.4, -0.2) is 12.0 Å². The zero-order valence-corrected chi connectivity index (χ0v) is 11.4. The maximum Gasteiger partial charge on any atom is 0.288 e. The second-order valence-corrected chi connectivity index (χ2v) is 4.98. The van der Waals surface area contributed by atoms with E-state index in [1.807, 2.05) is 30.3 Å². The minimum atomic E-state index is -0.547. The number of methoxy groups -OCH3 is 1. The van der Waals surface area contributed by atoms with Gasteiger partial charge < -0.3 is 4.74 Å². The molecule has 0 aliphatic heterocycles. The van der Waals surface area contributed by atoms with Crippen LogP contribution in [0.2, 0.25) is 0 Å². The smallest absolute Gasteiger partial charge is 0.288 e. The van der Waals surface area contributed by atoms with Gasteiger partial charge in [-0.05, 0) is 30.3 Å². The Morgan fingerprint density at radius 2 is 2.00 bits per heavy atom. The molecule has 0 heterocycles. The number of ether oxygens (including phenoxy) is 1. The molecule has 100 valence electrons. The summed E-state index contributed by atoms with van der Waals surface area (Å²) >= 11 is 1.37. The average molecular weight is 286 g/mol. The van der Waals surface area contributed by atoms with E-state index in [4.69, 9.17) is 10.00 Å². The highest BCUT2D eigenvalue weighted by molar-refractivity contribution is 7.99. The topological polar surface area (TPSA) is 76.2 Å². The number of hydrogen-bond acceptors (Lipinski definition) is 5. The fourth-order valence-corrected chi connectivity index (χ4v) is 2.52. The van der Waals surface area contributed by atoms with E-state index >= 15 is 0 Å². The Labute approximate surface area is 120 Å².